The molecule has 7 nitrogen and oxygen atoms in total. The smallest absolute Gasteiger partial charge is 0.410 e. The SMILES string of the molecule is CCOC(=O)N1CC[NH+](CC(=O)N[C@](C)(C#N)C(C)C)CC1. The molecule has 0 unspecified atom stereocenters. The molecule has 1 aliphatic rings. The van der Waals surface area contributed by atoms with Crippen molar-refractivity contribution in [3.8, 4) is 6.07 Å². The number of hydrogen-bond acceptors (Lipinski definition) is 4. The van der Waals surface area contributed by atoms with Gasteiger partial charge in [0, 0.05) is 0 Å². The molecule has 0 saturated carbocycles. The van der Waals surface area contributed by atoms with Crippen molar-refractivity contribution >= 4 is 12.0 Å². The van der Waals surface area contributed by atoms with Crippen molar-refractivity contribution in [2.75, 3.05) is 39.3 Å². The number of quaternary nitrogens is 1. The van der Waals surface area contributed by atoms with Gasteiger partial charge in [-0.1, -0.05) is 13.8 Å². The number of rotatable bonds is 5. The molecule has 1 fully saturated rings. The van der Waals surface area contributed by atoms with Gasteiger partial charge in [0.05, 0.1) is 38.9 Å². The molecule has 0 bridgehead atoms. The summed E-state index contributed by atoms with van der Waals surface area (Å²) < 4.78 is 4.97. The van der Waals surface area contributed by atoms with Crippen LogP contribution >= 0.6 is 0 Å². The van der Waals surface area contributed by atoms with Crippen LogP contribution in [0.5, 0.6) is 0 Å². The first-order chi connectivity index (χ1) is 10.3. The number of ether oxygens (including phenoxy) is 1. The van der Waals surface area contributed by atoms with Gasteiger partial charge in [0.25, 0.3) is 5.91 Å². The van der Waals surface area contributed by atoms with Crippen molar-refractivity contribution < 1.29 is 19.2 Å². The Bertz CT molecular complexity index is 439. The number of carbonyl (C=O) groups excluding carboxylic acids is 2. The third-order valence-electron chi connectivity index (χ3n) is 4.19. The third kappa shape index (κ3) is 4.88. The van der Waals surface area contributed by atoms with Crippen molar-refractivity contribution in [2.24, 2.45) is 5.92 Å². The first-order valence-corrected chi connectivity index (χ1v) is 7.80. The van der Waals surface area contributed by atoms with Crippen molar-refractivity contribution in [3.05, 3.63) is 0 Å². The van der Waals surface area contributed by atoms with Crippen LogP contribution in [0.2, 0.25) is 0 Å². The summed E-state index contributed by atoms with van der Waals surface area (Å²) in [6.07, 6.45) is -0.289. The maximum atomic E-state index is 12.1. The van der Waals surface area contributed by atoms with E-state index < -0.39 is 5.54 Å². The summed E-state index contributed by atoms with van der Waals surface area (Å²) in [6.45, 7) is 10.6. The molecule has 1 aliphatic heterocycles. The molecular formula is C15H27N4O3+. The molecule has 0 spiro atoms. The topological polar surface area (TPSA) is 86.9 Å². The van der Waals surface area contributed by atoms with Gasteiger partial charge in [-0.2, -0.15) is 5.26 Å². The maximum Gasteiger partial charge on any atom is 0.410 e. The molecule has 2 N–H and O–H groups in total. The van der Waals surface area contributed by atoms with Crippen molar-refractivity contribution in [3.63, 3.8) is 0 Å². The van der Waals surface area contributed by atoms with E-state index in [0.29, 0.717) is 39.3 Å². The highest BCUT2D eigenvalue weighted by atomic mass is 16.6. The number of nitrogens with zero attached hydrogens (tertiary/aromatic N) is 2. The van der Waals surface area contributed by atoms with Crippen LogP contribution in [0, 0.1) is 17.2 Å². The van der Waals surface area contributed by atoms with Gasteiger partial charge in [0.15, 0.2) is 6.54 Å². The van der Waals surface area contributed by atoms with Crippen LogP contribution < -0.4 is 10.2 Å². The van der Waals surface area contributed by atoms with Gasteiger partial charge < -0.3 is 15.0 Å². The second-order valence-corrected chi connectivity index (χ2v) is 6.13. The second kappa shape index (κ2) is 7.99. The highest BCUT2D eigenvalue weighted by Gasteiger charge is 2.32. The number of amides is 2. The van der Waals surface area contributed by atoms with Crippen LogP contribution in [-0.4, -0.2) is 61.8 Å². The summed E-state index contributed by atoms with van der Waals surface area (Å²) in [7, 11) is 0. The summed E-state index contributed by atoms with van der Waals surface area (Å²) in [4.78, 5) is 26.5. The van der Waals surface area contributed by atoms with Crippen LogP contribution in [0.1, 0.15) is 27.7 Å². The number of piperazine rings is 1. The fourth-order valence-corrected chi connectivity index (χ4v) is 2.26. The highest BCUT2D eigenvalue weighted by molar-refractivity contribution is 5.78. The first-order valence-electron chi connectivity index (χ1n) is 7.80. The quantitative estimate of drug-likeness (QED) is 0.710. The lowest BCUT2D eigenvalue weighted by atomic mass is 9.90. The van der Waals surface area contributed by atoms with Gasteiger partial charge in [-0.25, -0.2) is 4.79 Å². The monoisotopic (exact) mass is 311 g/mol. The highest BCUT2D eigenvalue weighted by Crippen LogP contribution is 2.14. The number of nitriles is 1. The van der Waals surface area contributed by atoms with Crippen LogP contribution in [0.25, 0.3) is 0 Å². The molecule has 1 atom stereocenters. The van der Waals surface area contributed by atoms with Crippen LogP contribution in [0.4, 0.5) is 4.79 Å². The predicted octanol–water partition coefficient (Wildman–Crippen LogP) is -0.602. The molecule has 0 aliphatic carbocycles. The molecule has 0 aromatic carbocycles. The largest absolute Gasteiger partial charge is 0.450 e. The van der Waals surface area contributed by atoms with E-state index in [4.69, 9.17) is 4.74 Å². The minimum absolute atomic E-state index is 0.0390. The summed E-state index contributed by atoms with van der Waals surface area (Å²) >= 11 is 0. The van der Waals surface area contributed by atoms with Crippen molar-refractivity contribution in [1.29, 1.82) is 5.26 Å². The minimum atomic E-state index is -0.844. The average molecular weight is 311 g/mol. The number of hydrogen-bond donors (Lipinski definition) is 2. The van der Waals surface area contributed by atoms with E-state index in [0.717, 1.165) is 4.90 Å². The first kappa shape index (κ1) is 18.2. The molecule has 1 heterocycles. The predicted molar refractivity (Wildman–Crippen MR) is 81.2 cm³/mol. The molecule has 2 amide bonds. The number of nitrogens with one attached hydrogen (secondary N) is 2. The van der Waals surface area contributed by atoms with E-state index in [2.05, 4.69) is 11.4 Å². The Morgan fingerprint density at radius 3 is 2.45 bits per heavy atom. The fraction of sp³-hybridized carbons (Fsp3) is 0.800. The van der Waals surface area contributed by atoms with Gasteiger partial charge in [0.2, 0.25) is 0 Å². The Morgan fingerprint density at radius 1 is 1.41 bits per heavy atom. The lowest BCUT2D eigenvalue weighted by Crippen LogP contribution is -3.16. The standard InChI is InChI=1S/C15H26N4O3/c1-5-22-14(21)19-8-6-18(7-9-19)10-13(20)17-15(4,11-16)12(2)3/h12H,5-10H2,1-4H3,(H,17,20)/p+1/t15-/m1/s1. The summed E-state index contributed by atoms with van der Waals surface area (Å²) in [6, 6.07) is 2.17. The molecule has 0 aromatic heterocycles. The minimum Gasteiger partial charge on any atom is -0.450 e. The summed E-state index contributed by atoms with van der Waals surface area (Å²) in [5.74, 6) is -0.0885. The molecule has 7 heteroatoms. The maximum absolute atomic E-state index is 12.1. The molecule has 22 heavy (non-hydrogen) atoms. The third-order valence-corrected chi connectivity index (χ3v) is 4.19. The molecule has 0 aromatic rings. The normalized spacial score (nSPS) is 18.5. The molecule has 1 saturated heterocycles. The van der Waals surface area contributed by atoms with E-state index in [1.165, 1.54) is 0 Å². The Kier molecular flexibility index (Phi) is 6.62. The second-order valence-electron chi connectivity index (χ2n) is 6.13. The van der Waals surface area contributed by atoms with E-state index in [1.54, 1.807) is 18.7 Å². The van der Waals surface area contributed by atoms with E-state index in [9.17, 15) is 14.9 Å². The lowest BCUT2D eigenvalue weighted by molar-refractivity contribution is -0.896. The Hall–Kier alpha value is -1.81. The Morgan fingerprint density at radius 2 is 2.00 bits per heavy atom. The van der Waals surface area contributed by atoms with E-state index in [-0.39, 0.29) is 17.9 Å². The summed E-state index contributed by atoms with van der Waals surface area (Å²) in [5.41, 5.74) is -0.844. The van der Waals surface area contributed by atoms with Gasteiger partial charge in [-0.15, -0.1) is 0 Å². The lowest BCUT2D eigenvalue weighted by Gasteiger charge is -2.32. The van der Waals surface area contributed by atoms with Crippen LogP contribution in [0.15, 0.2) is 0 Å². The van der Waals surface area contributed by atoms with Crippen molar-refractivity contribution in [1.82, 2.24) is 10.2 Å². The zero-order chi connectivity index (χ0) is 16.8. The zero-order valence-corrected chi connectivity index (χ0v) is 13.9. The van der Waals surface area contributed by atoms with E-state index in [1.807, 2.05) is 13.8 Å². The van der Waals surface area contributed by atoms with Gasteiger partial charge in [-0.05, 0) is 19.8 Å². The Balaban J connectivity index is 2.42. The average Bonchev–Trinajstić information content (AvgIpc) is 2.47. The fourth-order valence-electron chi connectivity index (χ4n) is 2.26. The van der Waals surface area contributed by atoms with Crippen molar-refractivity contribution in [2.45, 2.75) is 33.2 Å². The zero-order valence-electron chi connectivity index (χ0n) is 13.9. The summed E-state index contributed by atoms with van der Waals surface area (Å²) in [5, 5.41) is 12.0. The van der Waals surface area contributed by atoms with Crippen LogP contribution in [-0.2, 0) is 9.53 Å². The van der Waals surface area contributed by atoms with E-state index >= 15 is 0 Å². The Labute approximate surface area is 132 Å². The molecule has 1 rings (SSSR count). The number of carbonyl (C=O) groups is 2. The van der Waals surface area contributed by atoms with Crippen LogP contribution in [0.3, 0.4) is 0 Å². The molecule has 0 radical (unpaired) electrons. The van der Waals surface area contributed by atoms with Gasteiger partial charge in [-0.3, -0.25) is 9.69 Å². The van der Waals surface area contributed by atoms with Gasteiger partial charge >= 0.3 is 6.09 Å². The van der Waals surface area contributed by atoms with Gasteiger partial charge in [0.1, 0.15) is 5.54 Å². The molecular weight excluding hydrogens is 284 g/mol. The molecule has 124 valence electrons.